The first-order chi connectivity index (χ1) is 5.54. The van der Waals surface area contributed by atoms with Gasteiger partial charge in [0.15, 0.2) is 6.29 Å². The zero-order chi connectivity index (χ0) is 9.56. The van der Waals surface area contributed by atoms with Gasteiger partial charge in [-0.1, -0.05) is 19.1 Å². The van der Waals surface area contributed by atoms with Gasteiger partial charge in [-0.25, -0.2) is 0 Å². The lowest BCUT2D eigenvalue weighted by atomic mass is 10.0. The molecule has 0 spiro atoms. The Balaban J connectivity index is 3.46. The third-order valence-corrected chi connectivity index (χ3v) is 1.84. The van der Waals surface area contributed by atoms with Crippen LogP contribution in [0.3, 0.4) is 0 Å². The van der Waals surface area contributed by atoms with Crippen LogP contribution in [-0.4, -0.2) is 27.7 Å². The highest BCUT2D eigenvalue weighted by Crippen LogP contribution is 2.08. The molecule has 0 bridgehead atoms. The van der Waals surface area contributed by atoms with Gasteiger partial charge in [-0.05, 0) is 19.3 Å². The number of rotatable bonds is 5. The fourth-order valence-electron chi connectivity index (χ4n) is 0.726. The fraction of sp³-hybridized carbons (Fsp3) is 0.778. The second-order valence-corrected chi connectivity index (χ2v) is 3.14. The molecule has 0 heterocycles. The molecule has 0 aromatic rings. The second kappa shape index (κ2) is 6.17. The van der Waals surface area contributed by atoms with Crippen LogP contribution in [0.25, 0.3) is 0 Å². The van der Waals surface area contributed by atoms with Gasteiger partial charge in [-0.2, -0.15) is 0 Å². The molecule has 12 heavy (non-hydrogen) atoms. The minimum Gasteiger partial charge on any atom is -0.393 e. The maximum Gasteiger partial charge on any atom is 0.154 e. The third-order valence-electron chi connectivity index (χ3n) is 1.84. The fourth-order valence-corrected chi connectivity index (χ4v) is 0.726. The molecule has 0 amide bonds. The summed E-state index contributed by atoms with van der Waals surface area (Å²) in [4.78, 5) is 0. The quantitative estimate of drug-likeness (QED) is 0.423. The Morgan fingerprint density at radius 2 is 1.50 bits per heavy atom. The van der Waals surface area contributed by atoms with E-state index in [-0.39, 0.29) is 18.4 Å². The number of hydrogen-bond acceptors (Lipinski definition) is 3. The van der Waals surface area contributed by atoms with E-state index in [1.165, 1.54) is 0 Å². The van der Waals surface area contributed by atoms with Crippen LogP contribution in [0.5, 0.6) is 0 Å². The highest BCUT2D eigenvalue weighted by molar-refractivity contribution is 4.84. The topological polar surface area (TPSA) is 60.7 Å². The average Bonchev–Trinajstić information content (AvgIpc) is 1.97. The van der Waals surface area contributed by atoms with Crippen LogP contribution < -0.4 is 0 Å². The summed E-state index contributed by atoms with van der Waals surface area (Å²) in [7, 11) is 0. The van der Waals surface area contributed by atoms with Crippen molar-refractivity contribution in [1.29, 1.82) is 0 Å². The summed E-state index contributed by atoms with van der Waals surface area (Å²) in [6.07, 6.45) is 3.02. The van der Waals surface area contributed by atoms with E-state index in [9.17, 15) is 0 Å². The molecule has 0 aliphatic rings. The molecule has 0 aliphatic heterocycles. The molecule has 3 heteroatoms. The van der Waals surface area contributed by atoms with Crippen LogP contribution in [0.2, 0.25) is 0 Å². The summed E-state index contributed by atoms with van der Waals surface area (Å²) >= 11 is 0. The van der Waals surface area contributed by atoms with Crippen molar-refractivity contribution in [2.24, 2.45) is 5.92 Å². The van der Waals surface area contributed by atoms with E-state index in [1.54, 1.807) is 13.0 Å². The monoisotopic (exact) mass is 174 g/mol. The van der Waals surface area contributed by atoms with Crippen molar-refractivity contribution in [3.05, 3.63) is 12.2 Å². The molecule has 3 N–H and O–H groups in total. The number of allylic oxidation sites excluding steroid dienone is 1. The molecular weight excluding hydrogens is 156 g/mol. The molecule has 0 aromatic carbocycles. The van der Waals surface area contributed by atoms with Crippen molar-refractivity contribution in [1.82, 2.24) is 0 Å². The molecule has 0 aliphatic carbocycles. The van der Waals surface area contributed by atoms with Crippen LogP contribution in [0.4, 0.5) is 0 Å². The minimum atomic E-state index is -1.26. The zero-order valence-electron chi connectivity index (χ0n) is 7.64. The summed E-state index contributed by atoms with van der Waals surface area (Å²) in [5, 5.41) is 26.1. The molecule has 2 atom stereocenters. The molecule has 0 aromatic heterocycles. The molecule has 0 rings (SSSR count). The Bertz CT molecular complexity index is 130. The van der Waals surface area contributed by atoms with E-state index in [4.69, 9.17) is 15.3 Å². The molecule has 3 nitrogen and oxygen atoms in total. The van der Waals surface area contributed by atoms with Crippen molar-refractivity contribution >= 4 is 0 Å². The van der Waals surface area contributed by atoms with Gasteiger partial charge in [0.25, 0.3) is 0 Å². The Kier molecular flexibility index (Phi) is 5.98. The van der Waals surface area contributed by atoms with Crippen LogP contribution in [0, 0.1) is 5.92 Å². The first-order valence-electron chi connectivity index (χ1n) is 4.23. The first kappa shape index (κ1) is 11.6. The predicted molar refractivity (Wildman–Crippen MR) is 47.4 cm³/mol. The SMILES string of the molecule is CC(C/C=C/CC(O)O)[C@H](C)O. The maximum absolute atomic E-state index is 9.10. The highest BCUT2D eigenvalue weighted by atomic mass is 16.5. The zero-order valence-corrected chi connectivity index (χ0v) is 7.64. The van der Waals surface area contributed by atoms with Crippen molar-refractivity contribution < 1.29 is 15.3 Å². The van der Waals surface area contributed by atoms with Crippen LogP contribution >= 0.6 is 0 Å². The van der Waals surface area contributed by atoms with Gasteiger partial charge in [0.1, 0.15) is 0 Å². The lowest BCUT2D eigenvalue weighted by molar-refractivity contribution is -0.0361. The Morgan fingerprint density at radius 3 is 1.92 bits per heavy atom. The van der Waals surface area contributed by atoms with Crippen LogP contribution in [0.15, 0.2) is 12.2 Å². The summed E-state index contributed by atoms with van der Waals surface area (Å²) < 4.78 is 0. The molecule has 0 fully saturated rings. The lowest BCUT2D eigenvalue weighted by Crippen LogP contribution is -2.11. The molecular formula is C9H18O3. The van der Waals surface area contributed by atoms with E-state index in [0.29, 0.717) is 0 Å². The Labute approximate surface area is 73.4 Å². The van der Waals surface area contributed by atoms with E-state index in [1.807, 2.05) is 13.0 Å². The average molecular weight is 174 g/mol. The van der Waals surface area contributed by atoms with Gasteiger partial charge >= 0.3 is 0 Å². The van der Waals surface area contributed by atoms with Crippen LogP contribution in [0.1, 0.15) is 26.7 Å². The predicted octanol–water partition coefficient (Wildman–Crippen LogP) is 0.650. The van der Waals surface area contributed by atoms with Gasteiger partial charge in [0, 0.05) is 6.42 Å². The summed E-state index contributed by atoms with van der Waals surface area (Å²) in [6, 6.07) is 0. The number of aliphatic hydroxyl groups excluding tert-OH is 2. The van der Waals surface area contributed by atoms with E-state index in [2.05, 4.69) is 0 Å². The smallest absolute Gasteiger partial charge is 0.154 e. The molecule has 0 saturated heterocycles. The van der Waals surface area contributed by atoms with E-state index in [0.717, 1.165) is 6.42 Å². The van der Waals surface area contributed by atoms with Crippen molar-refractivity contribution in [2.45, 2.75) is 39.1 Å². The molecule has 0 radical (unpaired) electrons. The maximum atomic E-state index is 9.10. The van der Waals surface area contributed by atoms with Crippen molar-refractivity contribution in [2.75, 3.05) is 0 Å². The summed E-state index contributed by atoms with van der Waals surface area (Å²) in [6.45, 7) is 3.70. The molecule has 1 unspecified atom stereocenters. The van der Waals surface area contributed by atoms with Gasteiger partial charge in [-0.3, -0.25) is 0 Å². The second-order valence-electron chi connectivity index (χ2n) is 3.14. The number of hydrogen-bond donors (Lipinski definition) is 3. The Morgan fingerprint density at radius 1 is 1.00 bits per heavy atom. The van der Waals surface area contributed by atoms with Crippen LogP contribution in [-0.2, 0) is 0 Å². The van der Waals surface area contributed by atoms with E-state index >= 15 is 0 Å². The third kappa shape index (κ3) is 6.34. The summed E-state index contributed by atoms with van der Waals surface area (Å²) in [5.41, 5.74) is 0. The standard InChI is InChI=1S/C9H18O3/c1-7(8(2)10)5-3-4-6-9(11)12/h3-4,7-12H,5-6H2,1-2H3/b4-3+/t7?,8-/m0/s1. The van der Waals surface area contributed by atoms with Gasteiger partial charge in [0.2, 0.25) is 0 Å². The van der Waals surface area contributed by atoms with Gasteiger partial charge in [0.05, 0.1) is 6.10 Å². The van der Waals surface area contributed by atoms with Gasteiger partial charge < -0.3 is 15.3 Å². The lowest BCUT2D eigenvalue weighted by Gasteiger charge is -2.11. The highest BCUT2D eigenvalue weighted by Gasteiger charge is 2.05. The molecule has 0 saturated carbocycles. The van der Waals surface area contributed by atoms with Crippen molar-refractivity contribution in [3.63, 3.8) is 0 Å². The first-order valence-corrected chi connectivity index (χ1v) is 4.23. The van der Waals surface area contributed by atoms with Crippen molar-refractivity contribution in [3.8, 4) is 0 Å². The minimum absolute atomic E-state index is 0.220. The van der Waals surface area contributed by atoms with Gasteiger partial charge in [-0.15, -0.1) is 0 Å². The summed E-state index contributed by atoms with van der Waals surface area (Å²) in [5.74, 6) is 0.220. The van der Waals surface area contributed by atoms with E-state index < -0.39 is 6.29 Å². The normalized spacial score (nSPS) is 17.2. The Hall–Kier alpha value is -0.380. The number of aliphatic hydroxyl groups is 3. The largest absolute Gasteiger partial charge is 0.393 e. The molecule has 72 valence electrons.